The highest BCUT2D eigenvalue weighted by Gasteiger charge is 2.14. The third-order valence-corrected chi connectivity index (χ3v) is 3.83. The standard InChI is InChI=1S/C16H17BrFN/c1-19-11-14(12-6-3-2-4-7-12)10-13-8-5-9-15(17)16(13)18/h2-9,14,19H,10-11H2,1H3. The van der Waals surface area contributed by atoms with E-state index in [9.17, 15) is 4.39 Å². The Kier molecular flexibility index (Phi) is 5.11. The molecule has 0 saturated heterocycles. The summed E-state index contributed by atoms with van der Waals surface area (Å²) >= 11 is 3.24. The Balaban J connectivity index is 2.24. The lowest BCUT2D eigenvalue weighted by molar-refractivity contribution is 0.570. The van der Waals surface area contributed by atoms with E-state index in [1.165, 1.54) is 5.56 Å². The summed E-state index contributed by atoms with van der Waals surface area (Å²) in [4.78, 5) is 0. The molecule has 2 aromatic rings. The lowest BCUT2D eigenvalue weighted by atomic mass is 9.92. The molecule has 1 atom stereocenters. The first-order chi connectivity index (χ1) is 9.22. The molecular weight excluding hydrogens is 305 g/mol. The minimum absolute atomic E-state index is 0.153. The van der Waals surface area contributed by atoms with Gasteiger partial charge in [-0.25, -0.2) is 4.39 Å². The summed E-state index contributed by atoms with van der Waals surface area (Å²) < 4.78 is 14.6. The highest BCUT2D eigenvalue weighted by Crippen LogP contribution is 2.25. The zero-order valence-corrected chi connectivity index (χ0v) is 12.5. The van der Waals surface area contributed by atoms with E-state index in [1.54, 1.807) is 6.07 Å². The molecule has 0 aromatic heterocycles. The fourth-order valence-electron chi connectivity index (χ4n) is 2.25. The van der Waals surface area contributed by atoms with Gasteiger partial charge in [-0.3, -0.25) is 0 Å². The summed E-state index contributed by atoms with van der Waals surface area (Å²) in [6.07, 6.45) is 0.691. The zero-order valence-electron chi connectivity index (χ0n) is 10.9. The molecule has 1 nitrogen and oxygen atoms in total. The second-order valence-electron chi connectivity index (χ2n) is 4.58. The molecule has 100 valence electrons. The molecule has 0 bridgehead atoms. The summed E-state index contributed by atoms with van der Waals surface area (Å²) in [5.74, 6) is 0.120. The summed E-state index contributed by atoms with van der Waals surface area (Å²) in [6.45, 7) is 0.829. The molecule has 2 aromatic carbocycles. The molecule has 0 aliphatic heterocycles. The maximum absolute atomic E-state index is 14.1. The average Bonchev–Trinajstić information content (AvgIpc) is 2.44. The van der Waals surface area contributed by atoms with Crippen LogP contribution in [0, 0.1) is 5.82 Å². The van der Waals surface area contributed by atoms with Crippen LogP contribution in [0.3, 0.4) is 0 Å². The van der Waals surface area contributed by atoms with E-state index < -0.39 is 0 Å². The first-order valence-corrected chi connectivity index (χ1v) is 7.14. The summed E-state index contributed by atoms with van der Waals surface area (Å²) in [7, 11) is 1.92. The average molecular weight is 322 g/mol. The summed E-state index contributed by atoms with van der Waals surface area (Å²) in [5.41, 5.74) is 1.98. The maximum Gasteiger partial charge on any atom is 0.140 e. The SMILES string of the molecule is CNCC(Cc1cccc(Br)c1F)c1ccccc1. The van der Waals surface area contributed by atoms with Crippen molar-refractivity contribution in [1.82, 2.24) is 5.32 Å². The van der Waals surface area contributed by atoms with Gasteiger partial charge in [-0.05, 0) is 46.6 Å². The quantitative estimate of drug-likeness (QED) is 0.873. The van der Waals surface area contributed by atoms with Crippen LogP contribution in [-0.2, 0) is 6.42 Å². The zero-order chi connectivity index (χ0) is 13.7. The van der Waals surface area contributed by atoms with Crippen molar-refractivity contribution < 1.29 is 4.39 Å². The monoisotopic (exact) mass is 321 g/mol. The molecule has 0 saturated carbocycles. The normalized spacial score (nSPS) is 12.4. The predicted molar refractivity (Wildman–Crippen MR) is 80.9 cm³/mol. The Morgan fingerprint density at radius 3 is 2.53 bits per heavy atom. The van der Waals surface area contributed by atoms with Crippen LogP contribution in [0.4, 0.5) is 4.39 Å². The number of nitrogens with one attached hydrogen (secondary N) is 1. The molecule has 0 radical (unpaired) electrons. The van der Waals surface area contributed by atoms with Crippen LogP contribution in [0.2, 0.25) is 0 Å². The van der Waals surface area contributed by atoms with E-state index in [4.69, 9.17) is 0 Å². The van der Waals surface area contributed by atoms with Gasteiger partial charge in [0.25, 0.3) is 0 Å². The second kappa shape index (κ2) is 6.83. The van der Waals surface area contributed by atoms with Crippen LogP contribution in [0.1, 0.15) is 17.0 Å². The van der Waals surface area contributed by atoms with E-state index in [0.29, 0.717) is 10.9 Å². The topological polar surface area (TPSA) is 12.0 Å². The highest BCUT2D eigenvalue weighted by atomic mass is 79.9. The van der Waals surface area contributed by atoms with Crippen LogP contribution < -0.4 is 5.32 Å². The third-order valence-electron chi connectivity index (χ3n) is 3.22. The van der Waals surface area contributed by atoms with Crippen molar-refractivity contribution in [2.24, 2.45) is 0 Å². The smallest absolute Gasteiger partial charge is 0.140 e. The Bertz CT molecular complexity index is 528. The van der Waals surface area contributed by atoms with Gasteiger partial charge in [0.15, 0.2) is 0 Å². The largest absolute Gasteiger partial charge is 0.319 e. The first kappa shape index (κ1) is 14.2. The lowest BCUT2D eigenvalue weighted by Gasteiger charge is -2.18. The van der Waals surface area contributed by atoms with Crippen molar-refractivity contribution in [2.75, 3.05) is 13.6 Å². The molecule has 0 aliphatic carbocycles. The van der Waals surface area contributed by atoms with Gasteiger partial charge in [0.2, 0.25) is 0 Å². The number of hydrogen-bond donors (Lipinski definition) is 1. The van der Waals surface area contributed by atoms with Gasteiger partial charge in [0.05, 0.1) is 4.47 Å². The Morgan fingerprint density at radius 2 is 1.84 bits per heavy atom. The van der Waals surface area contributed by atoms with E-state index in [2.05, 4.69) is 33.4 Å². The van der Waals surface area contributed by atoms with Crippen molar-refractivity contribution in [3.63, 3.8) is 0 Å². The molecule has 3 heteroatoms. The molecule has 19 heavy (non-hydrogen) atoms. The van der Waals surface area contributed by atoms with Gasteiger partial charge in [0.1, 0.15) is 5.82 Å². The van der Waals surface area contributed by atoms with Crippen molar-refractivity contribution in [3.05, 3.63) is 69.9 Å². The Labute approximate surface area is 122 Å². The first-order valence-electron chi connectivity index (χ1n) is 6.34. The number of benzene rings is 2. The van der Waals surface area contributed by atoms with E-state index in [1.807, 2.05) is 37.4 Å². The van der Waals surface area contributed by atoms with E-state index >= 15 is 0 Å². The maximum atomic E-state index is 14.1. The van der Waals surface area contributed by atoms with Gasteiger partial charge < -0.3 is 5.32 Å². The molecule has 0 fully saturated rings. The lowest BCUT2D eigenvalue weighted by Crippen LogP contribution is -2.19. The van der Waals surface area contributed by atoms with Crippen LogP contribution in [0.5, 0.6) is 0 Å². The molecular formula is C16H17BrFN. The fourth-order valence-corrected chi connectivity index (χ4v) is 2.66. The number of likely N-dealkylation sites (N-methyl/N-ethyl adjacent to an activating group) is 1. The molecule has 0 amide bonds. The minimum atomic E-state index is -0.153. The minimum Gasteiger partial charge on any atom is -0.319 e. The van der Waals surface area contributed by atoms with Gasteiger partial charge in [-0.15, -0.1) is 0 Å². The van der Waals surface area contributed by atoms with Crippen LogP contribution in [0.15, 0.2) is 53.0 Å². The van der Waals surface area contributed by atoms with E-state index in [0.717, 1.165) is 12.1 Å². The number of halogens is 2. The summed E-state index contributed by atoms with van der Waals surface area (Å²) in [6, 6.07) is 15.7. The van der Waals surface area contributed by atoms with Gasteiger partial charge in [-0.1, -0.05) is 42.5 Å². The van der Waals surface area contributed by atoms with Gasteiger partial charge in [-0.2, -0.15) is 0 Å². The van der Waals surface area contributed by atoms with Crippen molar-refractivity contribution >= 4 is 15.9 Å². The molecule has 1 N–H and O–H groups in total. The number of rotatable bonds is 5. The highest BCUT2D eigenvalue weighted by molar-refractivity contribution is 9.10. The van der Waals surface area contributed by atoms with Gasteiger partial charge in [0, 0.05) is 12.5 Å². The summed E-state index contributed by atoms with van der Waals surface area (Å²) in [5, 5.41) is 3.19. The number of hydrogen-bond acceptors (Lipinski definition) is 1. The van der Waals surface area contributed by atoms with E-state index in [-0.39, 0.29) is 11.7 Å². The second-order valence-corrected chi connectivity index (χ2v) is 5.44. The predicted octanol–water partition coefficient (Wildman–Crippen LogP) is 4.13. The van der Waals surface area contributed by atoms with Crippen LogP contribution >= 0.6 is 15.9 Å². The van der Waals surface area contributed by atoms with Gasteiger partial charge >= 0.3 is 0 Å². The molecule has 0 aliphatic rings. The molecule has 0 spiro atoms. The van der Waals surface area contributed by atoms with Crippen molar-refractivity contribution in [2.45, 2.75) is 12.3 Å². The van der Waals surface area contributed by atoms with Crippen LogP contribution in [0.25, 0.3) is 0 Å². The molecule has 1 unspecified atom stereocenters. The fraction of sp³-hybridized carbons (Fsp3) is 0.250. The Morgan fingerprint density at radius 1 is 1.11 bits per heavy atom. The molecule has 2 rings (SSSR count). The van der Waals surface area contributed by atoms with Crippen molar-refractivity contribution in [1.29, 1.82) is 0 Å². The Hall–Kier alpha value is -1.19. The van der Waals surface area contributed by atoms with Crippen LogP contribution in [-0.4, -0.2) is 13.6 Å². The van der Waals surface area contributed by atoms with Crippen molar-refractivity contribution in [3.8, 4) is 0 Å². The third kappa shape index (κ3) is 3.64. The molecule has 0 heterocycles.